The predicted molar refractivity (Wildman–Crippen MR) is 93.2 cm³/mol. The molecule has 0 saturated carbocycles. The third kappa shape index (κ3) is 4.49. The van der Waals surface area contributed by atoms with E-state index in [0.717, 1.165) is 48.5 Å². The Kier molecular flexibility index (Phi) is 5.76. The van der Waals surface area contributed by atoms with E-state index in [2.05, 4.69) is 35.7 Å². The Morgan fingerprint density at radius 2 is 1.83 bits per heavy atom. The van der Waals surface area contributed by atoms with E-state index in [9.17, 15) is 4.39 Å². The van der Waals surface area contributed by atoms with Crippen molar-refractivity contribution in [1.29, 1.82) is 0 Å². The minimum Gasteiger partial charge on any atom is -0.480 e. The predicted octanol–water partition coefficient (Wildman–Crippen LogP) is 2.70. The first kappa shape index (κ1) is 17.3. The molecule has 2 heterocycles. The van der Waals surface area contributed by atoms with Gasteiger partial charge in [-0.15, -0.1) is 0 Å². The van der Waals surface area contributed by atoms with Crippen LogP contribution in [0.3, 0.4) is 0 Å². The maximum Gasteiger partial charge on any atom is 0.232 e. The summed E-state index contributed by atoms with van der Waals surface area (Å²) in [4.78, 5) is 13.1. The number of benzene rings is 1. The highest BCUT2D eigenvalue weighted by Crippen LogP contribution is 2.18. The number of piperazine rings is 1. The van der Waals surface area contributed by atoms with Crippen LogP contribution in [0.25, 0.3) is 0 Å². The molecule has 1 aromatic heterocycles. The summed E-state index contributed by atoms with van der Waals surface area (Å²) in [6, 6.07) is 5.09. The van der Waals surface area contributed by atoms with Crippen molar-refractivity contribution in [1.82, 2.24) is 19.8 Å². The number of hydrogen-bond donors (Lipinski definition) is 0. The van der Waals surface area contributed by atoms with E-state index in [1.165, 1.54) is 6.07 Å². The maximum atomic E-state index is 13.9. The van der Waals surface area contributed by atoms with E-state index in [1.54, 1.807) is 25.6 Å². The zero-order valence-electron chi connectivity index (χ0n) is 13.6. The third-order valence-corrected chi connectivity index (χ3v) is 4.62. The molecular weight excluding hydrogens is 375 g/mol. The van der Waals surface area contributed by atoms with Gasteiger partial charge in [0.1, 0.15) is 5.82 Å². The van der Waals surface area contributed by atoms with E-state index in [4.69, 9.17) is 4.74 Å². The number of rotatable bonds is 5. The van der Waals surface area contributed by atoms with E-state index >= 15 is 0 Å². The number of nitrogens with zero attached hydrogens (tertiary/aromatic N) is 4. The summed E-state index contributed by atoms with van der Waals surface area (Å²) in [5.41, 5.74) is 1.64. The van der Waals surface area contributed by atoms with Crippen molar-refractivity contribution in [2.24, 2.45) is 0 Å². The fourth-order valence-corrected chi connectivity index (χ4v) is 3.21. The molecular formula is C17H20BrFN4O. The lowest BCUT2D eigenvalue weighted by Crippen LogP contribution is -2.45. The van der Waals surface area contributed by atoms with Gasteiger partial charge in [0.05, 0.1) is 19.0 Å². The maximum absolute atomic E-state index is 13.9. The van der Waals surface area contributed by atoms with Crippen molar-refractivity contribution in [3.05, 3.63) is 52.1 Å². The van der Waals surface area contributed by atoms with Crippen LogP contribution in [0.5, 0.6) is 5.88 Å². The van der Waals surface area contributed by atoms with Crippen LogP contribution in [0.2, 0.25) is 0 Å². The molecule has 0 bridgehead atoms. The number of methoxy groups -OCH3 is 1. The minimum atomic E-state index is -0.146. The number of ether oxygens (including phenoxy) is 1. The molecule has 0 unspecified atom stereocenters. The van der Waals surface area contributed by atoms with Crippen molar-refractivity contribution in [3.8, 4) is 5.88 Å². The van der Waals surface area contributed by atoms with Crippen LogP contribution in [0.15, 0.2) is 35.1 Å². The molecule has 0 atom stereocenters. The van der Waals surface area contributed by atoms with Crippen molar-refractivity contribution >= 4 is 15.9 Å². The van der Waals surface area contributed by atoms with Gasteiger partial charge < -0.3 is 4.74 Å². The largest absolute Gasteiger partial charge is 0.480 e. The number of hydrogen-bond acceptors (Lipinski definition) is 5. The average Bonchev–Trinajstić information content (AvgIpc) is 2.60. The highest BCUT2D eigenvalue weighted by atomic mass is 79.9. The lowest BCUT2D eigenvalue weighted by Gasteiger charge is -2.34. The Bertz CT molecular complexity index is 692. The summed E-state index contributed by atoms with van der Waals surface area (Å²) in [6.45, 7) is 5.05. The van der Waals surface area contributed by atoms with Crippen LogP contribution in [-0.2, 0) is 13.1 Å². The molecule has 0 aliphatic carbocycles. The van der Waals surface area contributed by atoms with Crippen LogP contribution in [0.4, 0.5) is 4.39 Å². The molecule has 1 aliphatic rings. The van der Waals surface area contributed by atoms with Crippen molar-refractivity contribution in [3.63, 3.8) is 0 Å². The van der Waals surface area contributed by atoms with Crippen LogP contribution < -0.4 is 4.74 Å². The van der Waals surface area contributed by atoms with Gasteiger partial charge in [0.25, 0.3) is 0 Å². The highest BCUT2D eigenvalue weighted by Gasteiger charge is 2.19. The molecule has 1 saturated heterocycles. The fraction of sp³-hybridized carbons (Fsp3) is 0.412. The van der Waals surface area contributed by atoms with Gasteiger partial charge in [0.2, 0.25) is 5.88 Å². The van der Waals surface area contributed by atoms with E-state index in [1.807, 2.05) is 6.07 Å². The molecule has 1 aliphatic heterocycles. The molecule has 0 amide bonds. The molecule has 1 aromatic carbocycles. The Hall–Kier alpha value is -1.57. The zero-order chi connectivity index (χ0) is 16.9. The Morgan fingerprint density at radius 1 is 1.12 bits per heavy atom. The zero-order valence-corrected chi connectivity index (χ0v) is 15.2. The van der Waals surface area contributed by atoms with Crippen LogP contribution >= 0.6 is 15.9 Å². The van der Waals surface area contributed by atoms with Crippen molar-refractivity contribution in [2.75, 3.05) is 33.3 Å². The Morgan fingerprint density at radius 3 is 2.54 bits per heavy atom. The molecule has 2 aromatic rings. The van der Waals surface area contributed by atoms with Crippen LogP contribution in [-0.4, -0.2) is 53.1 Å². The first-order valence-corrected chi connectivity index (χ1v) is 8.67. The molecule has 7 heteroatoms. The van der Waals surface area contributed by atoms with Gasteiger partial charge in [-0.25, -0.2) is 9.37 Å². The Balaban J connectivity index is 1.53. The fourth-order valence-electron chi connectivity index (χ4n) is 2.80. The van der Waals surface area contributed by atoms with Gasteiger partial charge in [-0.1, -0.05) is 15.9 Å². The second kappa shape index (κ2) is 8.00. The average molecular weight is 395 g/mol. The lowest BCUT2D eigenvalue weighted by atomic mass is 10.2. The lowest BCUT2D eigenvalue weighted by molar-refractivity contribution is 0.120. The molecule has 128 valence electrons. The van der Waals surface area contributed by atoms with Crippen LogP contribution in [0.1, 0.15) is 11.3 Å². The second-order valence-corrected chi connectivity index (χ2v) is 6.76. The molecule has 0 spiro atoms. The summed E-state index contributed by atoms with van der Waals surface area (Å²) in [6.07, 6.45) is 3.37. The van der Waals surface area contributed by atoms with Gasteiger partial charge in [-0.3, -0.25) is 14.8 Å². The summed E-state index contributed by atoms with van der Waals surface area (Å²) < 4.78 is 19.9. The quantitative estimate of drug-likeness (QED) is 0.779. The molecule has 24 heavy (non-hydrogen) atoms. The number of aromatic nitrogens is 2. The normalized spacial score (nSPS) is 16.3. The summed E-state index contributed by atoms with van der Waals surface area (Å²) in [7, 11) is 1.59. The molecule has 3 rings (SSSR count). The van der Waals surface area contributed by atoms with E-state index in [0.29, 0.717) is 12.4 Å². The van der Waals surface area contributed by atoms with Crippen molar-refractivity contribution < 1.29 is 9.13 Å². The standard InChI is InChI=1S/C17H20BrFN4O/c1-24-17-10-20-9-15(21-17)12-23-6-4-22(5-7-23)11-13-8-14(18)2-3-16(13)19/h2-3,8-10H,4-7,11-12H2,1H3. The smallest absolute Gasteiger partial charge is 0.232 e. The topological polar surface area (TPSA) is 41.5 Å². The highest BCUT2D eigenvalue weighted by molar-refractivity contribution is 9.10. The minimum absolute atomic E-state index is 0.146. The molecule has 0 N–H and O–H groups in total. The second-order valence-electron chi connectivity index (χ2n) is 5.84. The van der Waals surface area contributed by atoms with Gasteiger partial charge in [0, 0.05) is 55.5 Å². The van der Waals surface area contributed by atoms with E-state index < -0.39 is 0 Å². The summed E-state index contributed by atoms with van der Waals surface area (Å²) >= 11 is 3.40. The SMILES string of the molecule is COc1cncc(CN2CCN(Cc3cc(Br)ccc3F)CC2)n1. The number of halogens is 2. The molecule has 0 radical (unpaired) electrons. The van der Waals surface area contributed by atoms with Crippen LogP contribution in [0, 0.1) is 5.82 Å². The van der Waals surface area contributed by atoms with Gasteiger partial charge in [-0.05, 0) is 18.2 Å². The molecule has 1 fully saturated rings. The van der Waals surface area contributed by atoms with E-state index in [-0.39, 0.29) is 5.82 Å². The Labute approximate surface area is 149 Å². The van der Waals surface area contributed by atoms with Crippen molar-refractivity contribution in [2.45, 2.75) is 13.1 Å². The summed E-state index contributed by atoms with van der Waals surface area (Å²) in [5, 5.41) is 0. The third-order valence-electron chi connectivity index (χ3n) is 4.12. The van der Waals surface area contributed by atoms with Gasteiger partial charge >= 0.3 is 0 Å². The van der Waals surface area contributed by atoms with Gasteiger partial charge in [0.15, 0.2) is 0 Å². The first-order valence-electron chi connectivity index (χ1n) is 7.87. The monoisotopic (exact) mass is 394 g/mol. The summed E-state index contributed by atoms with van der Waals surface area (Å²) in [5.74, 6) is 0.392. The molecule has 5 nitrogen and oxygen atoms in total. The first-order chi connectivity index (χ1) is 11.6. The van der Waals surface area contributed by atoms with Gasteiger partial charge in [-0.2, -0.15) is 0 Å².